The Morgan fingerprint density at radius 3 is 2.75 bits per heavy atom. The van der Waals surface area contributed by atoms with Crippen molar-refractivity contribution in [1.82, 2.24) is 5.32 Å². The molecule has 1 heterocycles. The summed E-state index contributed by atoms with van der Waals surface area (Å²) in [6, 6.07) is 1.93. The van der Waals surface area contributed by atoms with Gasteiger partial charge < -0.3 is 15.2 Å². The van der Waals surface area contributed by atoms with E-state index in [2.05, 4.69) is 5.32 Å². The van der Waals surface area contributed by atoms with Crippen LogP contribution in [-0.2, 0) is 4.74 Å². The summed E-state index contributed by atoms with van der Waals surface area (Å²) in [6.07, 6.45) is 0.727. The Morgan fingerprint density at radius 1 is 1.60 bits per heavy atom. The van der Waals surface area contributed by atoms with Crippen molar-refractivity contribution in [1.29, 1.82) is 0 Å². The largest absolute Gasteiger partial charge is 0.394 e. The smallest absolute Gasteiger partial charge is 0.262 e. The molecule has 1 aromatic rings. The number of aryl methyl sites for hydroxylation is 1. The normalized spacial score (nSPS) is 27.9. The molecule has 0 unspecified atom stereocenters. The van der Waals surface area contributed by atoms with Gasteiger partial charge >= 0.3 is 0 Å². The molecule has 2 atom stereocenters. The molecule has 1 aliphatic carbocycles. The van der Waals surface area contributed by atoms with Crippen molar-refractivity contribution in [3.8, 4) is 0 Å². The molecular weight excluding hydrogens is 274 g/mol. The molecule has 1 aromatic heterocycles. The van der Waals surface area contributed by atoms with Crippen LogP contribution >= 0.6 is 11.3 Å². The molecule has 20 heavy (non-hydrogen) atoms. The van der Waals surface area contributed by atoms with Crippen molar-refractivity contribution in [3.05, 3.63) is 21.9 Å². The third-order valence-corrected chi connectivity index (χ3v) is 5.65. The van der Waals surface area contributed by atoms with Gasteiger partial charge in [-0.2, -0.15) is 0 Å². The maximum Gasteiger partial charge on any atom is 0.262 e. The van der Waals surface area contributed by atoms with Crippen LogP contribution in [0, 0.1) is 12.3 Å². The number of amides is 1. The number of ether oxygens (including phenoxy) is 1. The predicted octanol–water partition coefficient (Wildman–Crippen LogP) is 2.35. The third-order valence-electron chi connectivity index (χ3n) is 4.63. The second kappa shape index (κ2) is 5.47. The summed E-state index contributed by atoms with van der Waals surface area (Å²) in [5, 5.41) is 14.8. The Morgan fingerprint density at radius 2 is 2.30 bits per heavy atom. The van der Waals surface area contributed by atoms with Crippen molar-refractivity contribution >= 4 is 17.2 Å². The fraction of sp³-hybridized carbons (Fsp3) is 0.667. The van der Waals surface area contributed by atoms with E-state index in [4.69, 9.17) is 4.74 Å². The van der Waals surface area contributed by atoms with Crippen LogP contribution in [0.5, 0.6) is 0 Å². The molecule has 5 heteroatoms. The lowest BCUT2D eigenvalue weighted by atomic mass is 9.54. The van der Waals surface area contributed by atoms with E-state index in [0.29, 0.717) is 17.9 Å². The van der Waals surface area contributed by atoms with Gasteiger partial charge in [-0.25, -0.2) is 0 Å². The van der Waals surface area contributed by atoms with E-state index in [0.717, 1.165) is 5.56 Å². The third kappa shape index (κ3) is 2.28. The SMILES string of the molecule is CCO[C@@H]1C[C@@](CO)(NC(=O)c2sccc2C)C1(C)C. The predicted molar refractivity (Wildman–Crippen MR) is 80.2 cm³/mol. The molecule has 1 fully saturated rings. The maximum absolute atomic E-state index is 12.4. The molecule has 2 rings (SSSR count). The maximum atomic E-state index is 12.4. The van der Waals surface area contributed by atoms with Crippen molar-refractivity contribution in [3.63, 3.8) is 0 Å². The average Bonchev–Trinajstić information content (AvgIpc) is 2.83. The van der Waals surface area contributed by atoms with Crippen molar-refractivity contribution in [2.45, 2.75) is 45.8 Å². The highest BCUT2D eigenvalue weighted by Gasteiger charge is 2.61. The summed E-state index contributed by atoms with van der Waals surface area (Å²) in [4.78, 5) is 13.1. The highest BCUT2D eigenvalue weighted by molar-refractivity contribution is 7.12. The van der Waals surface area contributed by atoms with E-state index in [1.165, 1.54) is 11.3 Å². The molecule has 0 aliphatic heterocycles. The zero-order chi connectivity index (χ0) is 15.0. The number of carbonyl (C=O) groups excluding carboxylic acids is 1. The van der Waals surface area contributed by atoms with E-state index in [1.54, 1.807) is 0 Å². The van der Waals surface area contributed by atoms with Crippen LogP contribution in [0.25, 0.3) is 0 Å². The quantitative estimate of drug-likeness (QED) is 0.877. The Kier molecular flexibility index (Phi) is 4.23. The molecular formula is C15H23NO3S. The van der Waals surface area contributed by atoms with E-state index >= 15 is 0 Å². The summed E-state index contributed by atoms with van der Waals surface area (Å²) in [7, 11) is 0. The lowest BCUT2D eigenvalue weighted by Gasteiger charge is -2.60. The molecule has 0 spiro atoms. The monoisotopic (exact) mass is 297 g/mol. The topological polar surface area (TPSA) is 58.6 Å². The Balaban J connectivity index is 2.14. The summed E-state index contributed by atoms with van der Waals surface area (Å²) in [5.41, 5.74) is 0.0953. The minimum atomic E-state index is -0.597. The van der Waals surface area contributed by atoms with Gasteiger partial charge in [0.2, 0.25) is 0 Å². The van der Waals surface area contributed by atoms with Gasteiger partial charge in [-0.05, 0) is 30.9 Å². The zero-order valence-electron chi connectivity index (χ0n) is 12.5. The molecule has 2 N–H and O–H groups in total. The number of carbonyl (C=O) groups is 1. The minimum absolute atomic E-state index is 0.0697. The summed E-state index contributed by atoms with van der Waals surface area (Å²) in [5.74, 6) is -0.102. The number of rotatable bonds is 5. The zero-order valence-corrected chi connectivity index (χ0v) is 13.3. The van der Waals surface area contributed by atoms with E-state index in [9.17, 15) is 9.90 Å². The van der Waals surface area contributed by atoms with Crippen LogP contribution in [0.1, 0.15) is 42.4 Å². The summed E-state index contributed by atoms with van der Waals surface area (Å²) in [6.45, 7) is 8.53. The van der Waals surface area contributed by atoms with Gasteiger partial charge in [0, 0.05) is 18.4 Å². The van der Waals surface area contributed by atoms with Crippen LogP contribution < -0.4 is 5.32 Å². The van der Waals surface area contributed by atoms with Crippen molar-refractivity contribution in [2.24, 2.45) is 5.41 Å². The van der Waals surface area contributed by atoms with Crippen LogP contribution in [0.4, 0.5) is 0 Å². The number of hydrogen-bond acceptors (Lipinski definition) is 4. The van der Waals surface area contributed by atoms with Gasteiger partial charge in [0.05, 0.1) is 23.1 Å². The highest BCUT2D eigenvalue weighted by Crippen LogP contribution is 2.51. The van der Waals surface area contributed by atoms with Crippen LogP contribution in [0.3, 0.4) is 0 Å². The molecule has 0 aromatic carbocycles. The van der Waals surface area contributed by atoms with E-state index in [1.807, 2.05) is 39.1 Å². The van der Waals surface area contributed by atoms with E-state index in [-0.39, 0.29) is 24.0 Å². The first-order chi connectivity index (χ1) is 9.38. The lowest BCUT2D eigenvalue weighted by Crippen LogP contribution is -2.74. The standard InChI is InChI=1S/C15H23NO3S/c1-5-19-11-8-15(9-17,14(11,3)4)16-13(18)12-10(2)6-7-20-12/h6-7,11,17H,5,8-9H2,1-4H3,(H,16,18)/t11-,15+/m1/s1. The molecule has 112 valence electrons. The lowest BCUT2D eigenvalue weighted by molar-refractivity contribution is -0.172. The summed E-state index contributed by atoms with van der Waals surface area (Å²) < 4.78 is 5.69. The first kappa shape index (κ1) is 15.5. The fourth-order valence-electron chi connectivity index (χ4n) is 2.88. The average molecular weight is 297 g/mol. The molecule has 0 radical (unpaired) electrons. The number of thiophene rings is 1. The number of aliphatic hydroxyl groups excluding tert-OH is 1. The Labute approximate surface area is 124 Å². The van der Waals surface area contributed by atoms with Gasteiger partial charge in [0.25, 0.3) is 5.91 Å². The van der Waals surface area contributed by atoms with Crippen molar-refractivity contribution in [2.75, 3.05) is 13.2 Å². The number of aliphatic hydroxyl groups is 1. The molecule has 4 nitrogen and oxygen atoms in total. The Bertz CT molecular complexity index is 497. The minimum Gasteiger partial charge on any atom is -0.394 e. The Hall–Kier alpha value is -0.910. The molecule has 1 saturated carbocycles. The molecule has 1 aliphatic rings. The fourth-order valence-corrected chi connectivity index (χ4v) is 3.70. The van der Waals surface area contributed by atoms with Gasteiger partial charge in [-0.3, -0.25) is 4.79 Å². The van der Waals surface area contributed by atoms with Gasteiger partial charge in [0.1, 0.15) is 0 Å². The second-order valence-corrected chi connectivity index (χ2v) is 6.91. The molecule has 0 bridgehead atoms. The first-order valence-corrected chi connectivity index (χ1v) is 7.85. The highest BCUT2D eigenvalue weighted by atomic mass is 32.1. The van der Waals surface area contributed by atoms with Gasteiger partial charge in [-0.15, -0.1) is 11.3 Å². The van der Waals surface area contributed by atoms with Gasteiger partial charge in [0.15, 0.2) is 0 Å². The van der Waals surface area contributed by atoms with E-state index < -0.39 is 5.54 Å². The number of nitrogens with one attached hydrogen (secondary N) is 1. The van der Waals surface area contributed by atoms with Gasteiger partial charge in [-0.1, -0.05) is 13.8 Å². The number of hydrogen-bond donors (Lipinski definition) is 2. The van der Waals surface area contributed by atoms with Crippen LogP contribution in [-0.4, -0.2) is 35.9 Å². The molecule has 1 amide bonds. The second-order valence-electron chi connectivity index (χ2n) is 6.00. The van der Waals surface area contributed by atoms with Crippen LogP contribution in [0.2, 0.25) is 0 Å². The summed E-state index contributed by atoms with van der Waals surface area (Å²) >= 11 is 1.43. The first-order valence-electron chi connectivity index (χ1n) is 6.97. The van der Waals surface area contributed by atoms with Crippen molar-refractivity contribution < 1.29 is 14.6 Å². The van der Waals surface area contributed by atoms with Crippen LogP contribution in [0.15, 0.2) is 11.4 Å². The molecule has 0 saturated heterocycles.